The molecule has 0 aromatic heterocycles. The summed E-state index contributed by atoms with van der Waals surface area (Å²) >= 11 is 0. The molecule has 0 atom stereocenters. The van der Waals surface area contributed by atoms with Crippen LogP contribution in [0.2, 0.25) is 0 Å². The van der Waals surface area contributed by atoms with Gasteiger partial charge in [-0.25, -0.2) is 0 Å². The molecule has 0 radical (unpaired) electrons. The highest BCUT2D eigenvalue weighted by Crippen LogP contribution is 2.33. The first kappa shape index (κ1) is 13.6. The minimum atomic E-state index is 0.821. The summed E-state index contributed by atoms with van der Waals surface area (Å²) in [5.74, 6) is 0.821. The van der Waals surface area contributed by atoms with Crippen molar-refractivity contribution in [3.63, 3.8) is 0 Å². The fraction of sp³-hybridized carbons (Fsp3) is 0.647. The van der Waals surface area contributed by atoms with Crippen LogP contribution in [-0.2, 0) is 6.42 Å². The van der Waals surface area contributed by atoms with E-state index in [4.69, 9.17) is 5.73 Å². The van der Waals surface area contributed by atoms with Crippen molar-refractivity contribution in [1.82, 2.24) is 0 Å². The summed E-state index contributed by atoms with van der Waals surface area (Å²) in [6.07, 6.45) is 12.1. The van der Waals surface area contributed by atoms with Gasteiger partial charge in [0.15, 0.2) is 0 Å². The lowest BCUT2D eigenvalue weighted by Gasteiger charge is -2.18. The van der Waals surface area contributed by atoms with Gasteiger partial charge in [-0.3, -0.25) is 0 Å². The molecule has 2 rings (SSSR count). The van der Waals surface area contributed by atoms with Gasteiger partial charge < -0.3 is 5.73 Å². The normalized spacial score (nSPS) is 17.6. The zero-order valence-corrected chi connectivity index (χ0v) is 11.5. The Kier molecular flexibility index (Phi) is 5.73. The Morgan fingerprint density at radius 2 is 1.67 bits per heavy atom. The molecule has 1 saturated carbocycles. The quantitative estimate of drug-likeness (QED) is 0.603. The Labute approximate surface area is 112 Å². The molecule has 1 heteroatoms. The van der Waals surface area contributed by atoms with E-state index in [-0.39, 0.29) is 0 Å². The van der Waals surface area contributed by atoms with Crippen molar-refractivity contribution in [2.45, 2.75) is 63.7 Å². The van der Waals surface area contributed by atoms with Gasteiger partial charge >= 0.3 is 0 Å². The maximum atomic E-state index is 5.59. The molecule has 0 unspecified atom stereocenters. The van der Waals surface area contributed by atoms with Crippen molar-refractivity contribution < 1.29 is 0 Å². The number of hydrogen-bond acceptors (Lipinski definition) is 1. The van der Waals surface area contributed by atoms with Crippen molar-refractivity contribution in [1.29, 1.82) is 0 Å². The topological polar surface area (TPSA) is 26.0 Å². The van der Waals surface area contributed by atoms with Crippen LogP contribution in [0.1, 0.15) is 68.4 Å². The minimum Gasteiger partial charge on any atom is -0.330 e. The van der Waals surface area contributed by atoms with E-state index in [0.717, 1.165) is 18.9 Å². The molecule has 1 aromatic carbocycles. The van der Waals surface area contributed by atoms with Crippen LogP contribution in [-0.4, -0.2) is 6.54 Å². The average Bonchev–Trinajstić information content (AvgIpc) is 2.68. The molecule has 0 heterocycles. The van der Waals surface area contributed by atoms with Gasteiger partial charge in [-0.2, -0.15) is 0 Å². The molecule has 1 nitrogen and oxygen atoms in total. The van der Waals surface area contributed by atoms with Crippen molar-refractivity contribution in [3.8, 4) is 0 Å². The molecule has 1 aromatic rings. The first-order chi connectivity index (χ1) is 8.92. The van der Waals surface area contributed by atoms with Crippen LogP contribution >= 0.6 is 0 Å². The maximum Gasteiger partial charge on any atom is -0.00772 e. The van der Waals surface area contributed by atoms with Crippen LogP contribution in [0.25, 0.3) is 0 Å². The lowest BCUT2D eigenvalue weighted by molar-refractivity contribution is 0.584. The third-order valence-corrected chi connectivity index (χ3v) is 4.25. The number of aryl methyl sites for hydroxylation is 1. The number of nitrogens with two attached hydrogens (primary N) is 1. The molecule has 0 spiro atoms. The lowest BCUT2D eigenvalue weighted by Crippen LogP contribution is -2.04. The number of unbranched alkanes of at least 4 members (excludes halogenated alkanes) is 1. The summed E-state index contributed by atoms with van der Waals surface area (Å²) in [5, 5.41) is 0. The highest BCUT2D eigenvalue weighted by Gasteiger charge is 2.16. The van der Waals surface area contributed by atoms with E-state index in [0.29, 0.717) is 0 Å². The second-order valence-electron chi connectivity index (χ2n) is 5.63. The monoisotopic (exact) mass is 245 g/mol. The lowest BCUT2D eigenvalue weighted by atomic mass is 9.87. The molecular weight excluding hydrogens is 218 g/mol. The Balaban J connectivity index is 2.05. The van der Waals surface area contributed by atoms with E-state index in [2.05, 4.69) is 24.3 Å². The van der Waals surface area contributed by atoms with Crippen molar-refractivity contribution in [2.24, 2.45) is 5.73 Å². The minimum absolute atomic E-state index is 0.821. The second-order valence-corrected chi connectivity index (χ2v) is 5.63. The maximum absolute atomic E-state index is 5.59. The molecule has 1 aliphatic carbocycles. The Morgan fingerprint density at radius 3 is 2.39 bits per heavy atom. The van der Waals surface area contributed by atoms with E-state index >= 15 is 0 Å². The van der Waals surface area contributed by atoms with Gasteiger partial charge in [0, 0.05) is 0 Å². The van der Waals surface area contributed by atoms with Gasteiger partial charge in [-0.15, -0.1) is 0 Å². The van der Waals surface area contributed by atoms with Gasteiger partial charge in [0.2, 0.25) is 0 Å². The summed E-state index contributed by atoms with van der Waals surface area (Å²) in [6.45, 7) is 0.825. The zero-order valence-electron chi connectivity index (χ0n) is 11.5. The molecule has 100 valence electrons. The Hall–Kier alpha value is -0.820. The summed E-state index contributed by atoms with van der Waals surface area (Å²) in [6, 6.07) is 9.11. The second kappa shape index (κ2) is 7.58. The average molecular weight is 245 g/mol. The van der Waals surface area contributed by atoms with Gasteiger partial charge in [-0.1, -0.05) is 49.9 Å². The van der Waals surface area contributed by atoms with E-state index < -0.39 is 0 Å². The molecule has 0 aliphatic heterocycles. The van der Waals surface area contributed by atoms with E-state index in [1.54, 1.807) is 11.1 Å². The summed E-state index contributed by atoms with van der Waals surface area (Å²) in [5.41, 5.74) is 8.81. The third kappa shape index (κ3) is 3.84. The smallest absolute Gasteiger partial charge is 0.00772 e. The summed E-state index contributed by atoms with van der Waals surface area (Å²) in [4.78, 5) is 0. The fourth-order valence-corrected chi connectivity index (χ4v) is 3.21. The van der Waals surface area contributed by atoms with Crippen LogP contribution in [0.4, 0.5) is 0 Å². The molecular formula is C17H27N. The Bertz CT molecular complexity index is 337. The molecule has 2 N–H and O–H groups in total. The Morgan fingerprint density at radius 1 is 0.944 bits per heavy atom. The number of benzene rings is 1. The van der Waals surface area contributed by atoms with Gasteiger partial charge in [0.25, 0.3) is 0 Å². The zero-order chi connectivity index (χ0) is 12.6. The van der Waals surface area contributed by atoms with Gasteiger partial charge in [0.1, 0.15) is 0 Å². The summed E-state index contributed by atoms with van der Waals surface area (Å²) in [7, 11) is 0. The van der Waals surface area contributed by atoms with Crippen LogP contribution < -0.4 is 5.73 Å². The van der Waals surface area contributed by atoms with Gasteiger partial charge in [-0.05, 0) is 55.7 Å². The van der Waals surface area contributed by atoms with Crippen LogP contribution in [0.15, 0.2) is 24.3 Å². The van der Waals surface area contributed by atoms with E-state index in [1.807, 2.05) is 0 Å². The largest absolute Gasteiger partial charge is 0.330 e. The highest BCUT2D eigenvalue weighted by atomic mass is 14.5. The van der Waals surface area contributed by atoms with Crippen molar-refractivity contribution in [3.05, 3.63) is 35.4 Å². The molecule has 0 amide bonds. The predicted octanol–water partition coefficient (Wildman–Crippen LogP) is 4.41. The van der Waals surface area contributed by atoms with Gasteiger partial charge in [0.05, 0.1) is 0 Å². The van der Waals surface area contributed by atoms with Crippen molar-refractivity contribution >= 4 is 0 Å². The summed E-state index contributed by atoms with van der Waals surface area (Å²) < 4.78 is 0. The number of hydrogen-bond donors (Lipinski definition) is 1. The first-order valence-electron chi connectivity index (χ1n) is 7.69. The standard InChI is InChI=1S/C17H27N/c18-14-8-7-12-16-11-5-6-13-17(16)15-9-3-1-2-4-10-15/h5-6,11,13,15H,1-4,7-10,12,14,18H2. The predicted molar refractivity (Wildman–Crippen MR) is 78.9 cm³/mol. The molecule has 0 saturated heterocycles. The van der Waals surface area contributed by atoms with Crippen LogP contribution in [0.5, 0.6) is 0 Å². The number of rotatable bonds is 5. The third-order valence-electron chi connectivity index (χ3n) is 4.25. The van der Waals surface area contributed by atoms with E-state index in [9.17, 15) is 0 Å². The molecule has 1 fully saturated rings. The van der Waals surface area contributed by atoms with Crippen molar-refractivity contribution in [2.75, 3.05) is 6.54 Å². The van der Waals surface area contributed by atoms with E-state index in [1.165, 1.54) is 51.4 Å². The van der Waals surface area contributed by atoms with Crippen LogP contribution in [0, 0.1) is 0 Å². The highest BCUT2D eigenvalue weighted by molar-refractivity contribution is 5.30. The fourth-order valence-electron chi connectivity index (χ4n) is 3.21. The van der Waals surface area contributed by atoms with Crippen LogP contribution in [0.3, 0.4) is 0 Å². The molecule has 1 aliphatic rings. The molecule has 0 bridgehead atoms. The first-order valence-corrected chi connectivity index (χ1v) is 7.69. The SMILES string of the molecule is NCCCCc1ccccc1C1CCCCCC1. The molecule has 18 heavy (non-hydrogen) atoms.